The van der Waals surface area contributed by atoms with Crippen LogP contribution >= 0.6 is 0 Å². The summed E-state index contributed by atoms with van der Waals surface area (Å²) in [6, 6.07) is 11.3. The Kier molecular flexibility index (Phi) is 3.33. The highest BCUT2D eigenvalue weighted by molar-refractivity contribution is 6.03. The van der Waals surface area contributed by atoms with Gasteiger partial charge in [0, 0.05) is 28.4 Å². The molecule has 3 nitrogen and oxygen atoms in total. The lowest BCUT2D eigenvalue weighted by Gasteiger charge is -2.40. The minimum Gasteiger partial charge on any atom is -0.352 e. The van der Waals surface area contributed by atoms with Crippen molar-refractivity contribution in [1.82, 2.24) is 10.3 Å². The van der Waals surface area contributed by atoms with E-state index in [1.54, 1.807) is 0 Å². The molecule has 2 N–H and O–H groups in total. The highest BCUT2D eigenvalue weighted by Gasteiger charge is 2.48. The Morgan fingerprint density at radius 3 is 2.64 bits per heavy atom. The minimum absolute atomic E-state index is 0.160. The van der Waals surface area contributed by atoms with Crippen LogP contribution in [0.3, 0.4) is 0 Å². The molecule has 3 heteroatoms. The molecule has 1 aromatic heterocycles. The number of carbonyl (C=O) groups is 1. The second-order valence-electron chi connectivity index (χ2n) is 7.18. The molecule has 0 amide bonds. The third-order valence-electron chi connectivity index (χ3n) is 5.59. The lowest BCUT2D eigenvalue weighted by Crippen LogP contribution is -2.48. The molecule has 22 heavy (non-hydrogen) atoms. The third-order valence-corrected chi connectivity index (χ3v) is 5.59. The molecule has 2 atom stereocenters. The van der Waals surface area contributed by atoms with Crippen molar-refractivity contribution in [2.45, 2.75) is 57.5 Å². The van der Waals surface area contributed by atoms with E-state index in [-0.39, 0.29) is 5.41 Å². The van der Waals surface area contributed by atoms with Crippen molar-refractivity contribution in [3.63, 3.8) is 0 Å². The maximum absolute atomic E-state index is 13.3. The van der Waals surface area contributed by atoms with Gasteiger partial charge in [0.1, 0.15) is 0 Å². The molecule has 0 radical (unpaired) electrons. The molecule has 2 fully saturated rings. The summed E-state index contributed by atoms with van der Waals surface area (Å²) in [6.45, 7) is 2.20. The topological polar surface area (TPSA) is 44.9 Å². The largest absolute Gasteiger partial charge is 0.352 e. The van der Waals surface area contributed by atoms with Gasteiger partial charge in [-0.25, -0.2) is 0 Å². The Labute approximate surface area is 131 Å². The fourth-order valence-electron chi connectivity index (χ4n) is 4.71. The number of hydrogen-bond acceptors (Lipinski definition) is 2. The van der Waals surface area contributed by atoms with E-state index >= 15 is 0 Å². The van der Waals surface area contributed by atoms with E-state index in [9.17, 15) is 4.79 Å². The molecule has 2 bridgehead atoms. The van der Waals surface area contributed by atoms with Gasteiger partial charge in [0.2, 0.25) is 0 Å². The number of carbonyl (C=O) groups excluding carboxylic acids is 1. The van der Waals surface area contributed by atoms with Crippen LogP contribution < -0.4 is 5.32 Å². The van der Waals surface area contributed by atoms with E-state index in [4.69, 9.17) is 0 Å². The van der Waals surface area contributed by atoms with Crippen LogP contribution in [-0.2, 0) is 0 Å². The van der Waals surface area contributed by atoms with Crippen LogP contribution in [0, 0.1) is 5.41 Å². The maximum atomic E-state index is 13.3. The van der Waals surface area contributed by atoms with Gasteiger partial charge < -0.3 is 10.3 Å². The fraction of sp³-hybridized carbons (Fsp3) is 0.526. The average molecular weight is 296 g/mol. The Bertz CT molecular complexity index is 657. The van der Waals surface area contributed by atoms with Crippen molar-refractivity contribution < 1.29 is 4.79 Å². The Morgan fingerprint density at radius 1 is 1.23 bits per heavy atom. The summed E-state index contributed by atoms with van der Waals surface area (Å²) in [4.78, 5) is 16.7. The molecule has 2 aromatic rings. The first-order chi connectivity index (χ1) is 10.7. The van der Waals surface area contributed by atoms with Gasteiger partial charge in [-0.3, -0.25) is 4.79 Å². The third kappa shape index (κ3) is 2.19. The zero-order valence-electron chi connectivity index (χ0n) is 13.2. The predicted molar refractivity (Wildman–Crippen MR) is 89.1 cm³/mol. The number of Topliss-reactive ketones (excluding diaryl/α,β-unsaturated/α-hetero) is 1. The van der Waals surface area contributed by atoms with Crippen LogP contribution in [0.5, 0.6) is 0 Å². The molecule has 2 aliphatic rings. The van der Waals surface area contributed by atoms with E-state index in [1.807, 2.05) is 24.3 Å². The van der Waals surface area contributed by atoms with Crippen molar-refractivity contribution >= 4 is 16.7 Å². The van der Waals surface area contributed by atoms with E-state index < -0.39 is 0 Å². The van der Waals surface area contributed by atoms with Gasteiger partial charge in [0.05, 0.1) is 5.69 Å². The number of H-pyrrole nitrogens is 1. The zero-order valence-corrected chi connectivity index (χ0v) is 13.2. The van der Waals surface area contributed by atoms with Gasteiger partial charge >= 0.3 is 0 Å². The number of benzene rings is 1. The second-order valence-corrected chi connectivity index (χ2v) is 7.18. The SMILES string of the molecule is CCCC1(C(=O)c2cc3ccccc3[nH]2)C[C@@H]2CC[C@@H](C1)N2. The average Bonchev–Trinajstić information content (AvgIpc) is 3.10. The molecule has 2 saturated heterocycles. The lowest BCUT2D eigenvalue weighted by molar-refractivity contribution is 0.0645. The smallest absolute Gasteiger partial charge is 0.185 e. The van der Waals surface area contributed by atoms with Crippen LogP contribution in [0.25, 0.3) is 10.9 Å². The number of fused-ring (bicyclic) bond motifs is 3. The summed E-state index contributed by atoms with van der Waals surface area (Å²) in [6.07, 6.45) is 6.56. The standard InChI is InChI=1S/C19H24N2O/c1-2-9-19(11-14-7-8-15(12-19)20-14)18(22)17-10-13-5-3-4-6-16(13)21-17/h3-6,10,14-15,20-21H,2,7-9,11-12H2,1H3/t14-,15-/m0/s1. The Balaban J connectivity index is 1.71. The minimum atomic E-state index is -0.160. The van der Waals surface area contributed by atoms with E-state index in [0.717, 1.165) is 42.3 Å². The molecular weight excluding hydrogens is 272 g/mol. The first kappa shape index (κ1) is 14.0. The van der Waals surface area contributed by atoms with Crippen LogP contribution in [0.4, 0.5) is 0 Å². The van der Waals surface area contributed by atoms with Crippen molar-refractivity contribution in [2.24, 2.45) is 5.41 Å². The number of aromatic nitrogens is 1. The molecule has 1 aromatic carbocycles. The molecule has 3 heterocycles. The van der Waals surface area contributed by atoms with Gasteiger partial charge in [0.15, 0.2) is 5.78 Å². The Hall–Kier alpha value is -1.61. The van der Waals surface area contributed by atoms with Crippen LogP contribution in [-0.4, -0.2) is 22.9 Å². The second kappa shape index (κ2) is 5.24. The maximum Gasteiger partial charge on any atom is 0.185 e. The van der Waals surface area contributed by atoms with Crippen molar-refractivity contribution in [3.05, 3.63) is 36.0 Å². The number of piperidine rings is 1. The van der Waals surface area contributed by atoms with Crippen LogP contribution in [0.2, 0.25) is 0 Å². The molecule has 0 spiro atoms. The van der Waals surface area contributed by atoms with Crippen LogP contribution in [0.15, 0.2) is 30.3 Å². The van der Waals surface area contributed by atoms with Crippen molar-refractivity contribution in [2.75, 3.05) is 0 Å². The summed E-state index contributed by atoms with van der Waals surface area (Å²) < 4.78 is 0. The number of rotatable bonds is 4. The quantitative estimate of drug-likeness (QED) is 0.836. The number of nitrogens with one attached hydrogen (secondary N) is 2. The summed E-state index contributed by atoms with van der Waals surface area (Å²) in [5.41, 5.74) is 1.71. The number of para-hydroxylation sites is 1. The molecule has 0 aliphatic carbocycles. The van der Waals surface area contributed by atoms with Crippen molar-refractivity contribution in [3.8, 4) is 0 Å². The lowest BCUT2D eigenvalue weighted by atomic mass is 9.69. The van der Waals surface area contributed by atoms with Gasteiger partial charge in [-0.15, -0.1) is 0 Å². The highest BCUT2D eigenvalue weighted by Crippen LogP contribution is 2.45. The monoisotopic (exact) mass is 296 g/mol. The first-order valence-electron chi connectivity index (χ1n) is 8.59. The molecule has 0 saturated carbocycles. The van der Waals surface area contributed by atoms with Gasteiger partial charge in [-0.05, 0) is 44.2 Å². The number of ketones is 1. The summed E-state index contributed by atoms with van der Waals surface area (Å²) in [5.74, 6) is 0.337. The number of aromatic amines is 1. The van der Waals surface area contributed by atoms with Gasteiger partial charge in [-0.1, -0.05) is 31.5 Å². The molecule has 2 aliphatic heterocycles. The summed E-state index contributed by atoms with van der Waals surface area (Å²) in [5, 5.41) is 4.81. The molecule has 0 unspecified atom stereocenters. The first-order valence-corrected chi connectivity index (χ1v) is 8.59. The van der Waals surface area contributed by atoms with Gasteiger partial charge in [0.25, 0.3) is 0 Å². The van der Waals surface area contributed by atoms with E-state index in [0.29, 0.717) is 17.9 Å². The Morgan fingerprint density at radius 2 is 1.95 bits per heavy atom. The van der Waals surface area contributed by atoms with Crippen molar-refractivity contribution in [1.29, 1.82) is 0 Å². The summed E-state index contributed by atoms with van der Waals surface area (Å²) in [7, 11) is 0. The predicted octanol–water partition coefficient (Wildman–Crippen LogP) is 4.05. The zero-order chi connectivity index (χ0) is 15.2. The normalized spacial score (nSPS) is 30.8. The van der Waals surface area contributed by atoms with Crippen LogP contribution in [0.1, 0.15) is 55.9 Å². The molecular formula is C19H24N2O. The fourth-order valence-corrected chi connectivity index (χ4v) is 4.71. The van der Waals surface area contributed by atoms with E-state index in [2.05, 4.69) is 23.3 Å². The molecule has 116 valence electrons. The summed E-state index contributed by atoms with van der Waals surface area (Å²) >= 11 is 0. The van der Waals surface area contributed by atoms with E-state index in [1.165, 1.54) is 12.8 Å². The van der Waals surface area contributed by atoms with Gasteiger partial charge in [-0.2, -0.15) is 0 Å². The number of hydrogen-bond donors (Lipinski definition) is 2. The highest BCUT2D eigenvalue weighted by atomic mass is 16.1. The molecule has 4 rings (SSSR count).